The van der Waals surface area contributed by atoms with Gasteiger partial charge in [0.2, 0.25) is 5.91 Å². The summed E-state index contributed by atoms with van der Waals surface area (Å²) in [6.45, 7) is 9.47. The van der Waals surface area contributed by atoms with Crippen LogP contribution in [0.25, 0.3) is 0 Å². The van der Waals surface area contributed by atoms with Crippen LogP contribution in [0.2, 0.25) is 0 Å². The molecular weight excluding hydrogens is 624 g/mol. The van der Waals surface area contributed by atoms with Crippen LogP contribution in [0.1, 0.15) is 55.4 Å². The number of esters is 5. The third-order valence-corrected chi connectivity index (χ3v) is 6.97. The summed E-state index contributed by atoms with van der Waals surface area (Å²) in [7, 11) is 0. The molecule has 252 valence electrons. The molecule has 0 radical (unpaired) electrons. The Balaban J connectivity index is 1.90. The van der Waals surface area contributed by atoms with Gasteiger partial charge in [0.15, 0.2) is 53.9 Å². The first-order valence-corrected chi connectivity index (χ1v) is 14.4. The lowest BCUT2D eigenvalue weighted by Crippen LogP contribution is -2.67. The van der Waals surface area contributed by atoms with E-state index >= 15 is 0 Å². The molecule has 45 heavy (non-hydrogen) atoms. The summed E-state index contributed by atoms with van der Waals surface area (Å²) in [4.78, 5) is 73.6. The van der Waals surface area contributed by atoms with E-state index in [9.17, 15) is 28.8 Å². The fourth-order valence-corrected chi connectivity index (χ4v) is 5.43. The summed E-state index contributed by atoms with van der Waals surface area (Å²) >= 11 is 5.54. The van der Waals surface area contributed by atoms with E-state index in [1.54, 1.807) is 13.8 Å². The van der Waals surface area contributed by atoms with Crippen LogP contribution < -0.4 is 5.32 Å². The first-order valence-electron chi connectivity index (χ1n) is 14.0. The fourth-order valence-electron chi connectivity index (χ4n) is 5.11. The van der Waals surface area contributed by atoms with Crippen molar-refractivity contribution < 1.29 is 71.4 Å². The summed E-state index contributed by atoms with van der Waals surface area (Å²) < 4.78 is 50.3. The molecule has 3 fully saturated rings. The predicted octanol–water partition coefficient (Wildman–Crippen LogP) is -0.399. The number of rotatable bonds is 9. The van der Waals surface area contributed by atoms with Crippen molar-refractivity contribution in [1.82, 2.24) is 10.2 Å². The van der Waals surface area contributed by atoms with E-state index in [0.717, 1.165) is 32.6 Å². The van der Waals surface area contributed by atoms with Crippen molar-refractivity contribution in [2.24, 2.45) is 0 Å². The van der Waals surface area contributed by atoms with Crippen LogP contribution in [0, 0.1) is 0 Å². The Morgan fingerprint density at radius 1 is 0.711 bits per heavy atom. The molecule has 0 saturated carbocycles. The smallest absolute Gasteiger partial charge is 0.303 e. The molecule has 0 bridgehead atoms. The molecular formula is C27H38N2O15S. The first-order chi connectivity index (χ1) is 20.9. The summed E-state index contributed by atoms with van der Waals surface area (Å²) in [6.07, 6.45) is -10.6. The predicted molar refractivity (Wildman–Crippen MR) is 149 cm³/mol. The number of ether oxygens (including phenoxy) is 9. The number of hydrogen-bond acceptors (Lipinski definition) is 16. The fraction of sp³-hybridized carbons (Fsp3) is 0.741. The zero-order valence-electron chi connectivity index (χ0n) is 26.1. The highest BCUT2D eigenvalue weighted by molar-refractivity contribution is 7.80. The number of nitrogens with zero attached hydrogens (tertiary/aromatic N) is 1. The van der Waals surface area contributed by atoms with Gasteiger partial charge in [0.1, 0.15) is 18.8 Å². The van der Waals surface area contributed by atoms with Gasteiger partial charge in [-0.15, -0.1) is 0 Å². The first kappa shape index (κ1) is 36.0. The van der Waals surface area contributed by atoms with E-state index in [1.165, 1.54) is 13.8 Å². The molecule has 1 N–H and O–H groups in total. The van der Waals surface area contributed by atoms with Crippen molar-refractivity contribution in [3.8, 4) is 0 Å². The monoisotopic (exact) mass is 662 g/mol. The Bertz CT molecular complexity index is 1190. The van der Waals surface area contributed by atoms with Crippen LogP contribution in [-0.2, 0) is 71.4 Å². The van der Waals surface area contributed by atoms with Crippen LogP contribution in [0.5, 0.6) is 0 Å². The Labute approximate surface area is 264 Å². The van der Waals surface area contributed by atoms with Crippen molar-refractivity contribution >= 4 is 53.1 Å². The number of amides is 1. The zero-order chi connectivity index (χ0) is 33.8. The molecule has 3 saturated heterocycles. The van der Waals surface area contributed by atoms with Gasteiger partial charge in [-0.1, -0.05) is 0 Å². The zero-order valence-corrected chi connectivity index (χ0v) is 26.9. The molecule has 0 unspecified atom stereocenters. The number of hydrogen-bond donors (Lipinski definition) is 1. The molecule has 9 atom stereocenters. The minimum atomic E-state index is -1.48. The molecule has 0 aromatic heterocycles. The van der Waals surface area contributed by atoms with Gasteiger partial charge in [0.25, 0.3) is 0 Å². The minimum absolute atomic E-state index is 0.245. The molecule has 3 aliphatic rings. The van der Waals surface area contributed by atoms with E-state index in [4.69, 9.17) is 54.8 Å². The summed E-state index contributed by atoms with van der Waals surface area (Å²) in [6, 6.07) is 0. The average molecular weight is 663 g/mol. The molecule has 0 aromatic carbocycles. The van der Waals surface area contributed by atoms with Gasteiger partial charge in [-0.3, -0.25) is 33.7 Å². The lowest BCUT2D eigenvalue weighted by molar-refractivity contribution is -0.255. The Hall–Kier alpha value is -3.45. The molecule has 0 aromatic rings. The van der Waals surface area contributed by atoms with Crippen LogP contribution in [0.15, 0.2) is 0 Å². The highest BCUT2D eigenvalue weighted by atomic mass is 32.1. The second kappa shape index (κ2) is 14.8. The SMILES string of the molecule is CC(=O)OC[C@H]1O[C@@H](NC(=S)N(C[C@H]2O[C@@H]3OC(C)(C)O[C@@H]3[C@H]2OC(C)=O)C(C)=O)[C@H](OC(C)=O)[C@@H](OC(C)=O)[C@@H]1OC(C)=O. The largest absolute Gasteiger partial charge is 0.463 e. The summed E-state index contributed by atoms with van der Waals surface area (Å²) in [5.41, 5.74) is 0. The third kappa shape index (κ3) is 9.52. The van der Waals surface area contributed by atoms with E-state index in [0.29, 0.717) is 0 Å². The normalized spacial score (nSPS) is 31.5. The summed E-state index contributed by atoms with van der Waals surface area (Å²) in [5.74, 6) is -5.31. The molecule has 3 rings (SSSR count). The lowest BCUT2D eigenvalue weighted by atomic mass is 9.97. The Morgan fingerprint density at radius 3 is 1.78 bits per heavy atom. The standard InChI is InChI=1S/C27H38N2O15S/c1-11(30)29(9-17-19(37-13(3)32)23-25(42-17)44-27(7,8)43-23)26(45)28-24-22(40-16(6)35)21(39-15(5)34)20(38-14(4)33)18(41-24)10-36-12(2)31/h17-25H,9-10H2,1-8H3,(H,28,45)/t17-,18-,19+,20-,21+,22-,23-,24-,25-/m1/s1. The van der Waals surface area contributed by atoms with Crippen molar-refractivity contribution in [3.63, 3.8) is 0 Å². The maximum Gasteiger partial charge on any atom is 0.303 e. The molecule has 3 heterocycles. The van der Waals surface area contributed by atoms with Crippen molar-refractivity contribution in [2.75, 3.05) is 13.2 Å². The highest BCUT2D eigenvalue weighted by Crippen LogP contribution is 2.39. The number of nitrogens with one attached hydrogen (secondary N) is 1. The number of carbonyl (C=O) groups is 6. The van der Waals surface area contributed by atoms with Gasteiger partial charge in [-0.25, -0.2) is 0 Å². The molecule has 3 aliphatic heterocycles. The summed E-state index contributed by atoms with van der Waals surface area (Å²) in [5, 5.41) is 2.53. The molecule has 0 spiro atoms. The minimum Gasteiger partial charge on any atom is -0.463 e. The van der Waals surface area contributed by atoms with Gasteiger partial charge in [0.05, 0.1) is 6.54 Å². The molecule has 0 aliphatic carbocycles. The maximum absolute atomic E-state index is 12.8. The molecule has 17 nitrogen and oxygen atoms in total. The second-order valence-electron chi connectivity index (χ2n) is 10.9. The Morgan fingerprint density at radius 2 is 1.24 bits per heavy atom. The quantitative estimate of drug-likeness (QED) is 0.190. The number of fused-ring (bicyclic) bond motifs is 1. The van der Waals surface area contributed by atoms with E-state index in [2.05, 4.69) is 5.32 Å². The van der Waals surface area contributed by atoms with E-state index in [-0.39, 0.29) is 11.7 Å². The second-order valence-corrected chi connectivity index (χ2v) is 11.3. The van der Waals surface area contributed by atoms with Crippen molar-refractivity contribution in [2.45, 2.75) is 116 Å². The van der Waals surface area contributed by atoms with Gasteiger partial charge in [-0.05, 0) is 26.1 Å². The van der Waals surface area contributed by atoms with Crippen LogP contribution >= 0.6 is 12.2 Å². The topological polar surface area (TPSA) is 201 Å². The average Bonchev–Trinajstić information content (AvgIpc) is 3.34. The van der Waals surface area contributed by atoms with E-state index in [1.807, 2.05) is 0 Å². The van der Waals surface area contributed by atoms with Crippen LogP contribution in [0.3, 0.4) is 0 Å². The van der Waals surface area contributed by atoms with Crippen LogP contribution in [0.4, 0.5) is 0 Å². The Kier molecular flexibility index (Phi) is 11.8. The van der Waals surface area contributed by atoms with E-state index < -0.39 is 103 Å². The van der Waals surface area contributed by atoms with Gasteiger partial charge in [0, 0.05) is 41.5 Å². The highest BCUT2D eigenvalue weighted by Gasteiger charge is 2.57. The third-order valence-electron chi connectivity index (χ3n) is 6.63. The molecule has 18 heteroatoms. The van der Waals surface area contributed by atoms with Gasteiger partial charge < -0.3 is 47.9 Å². The van der Waals surface area contributed by atoms with Crippen molar-refractivity contribution in [3.05, 3.63) is 0 Å². The lowest BCUT2D eigenvalue weighted by Gasteiger charge is -2.45. The van der Waals surface area contributed by atoms with Crippen LogP contribution in [-0.4, -0.2) is 120 Å². The van der Waals surface area contributed by atoms with Crippen molar-refractivity contribution in [1.29, 1.82) is 0 Å². The maximum atomic E-state index is 12.8. The number of thiocarbonyl (C=S) groups is 1. The van der Waals surface area contributed by atoms with Gasteiger partial charge in [-0.2, -0.15) is 0 Å². The molecule has 1 amide bonds. The van der Waals surface area contributed by atoms with Gasteiger partial charge >= 0.3 is 29.8 Å². The number of carbonyl (C=O) groups excluding carboxylic acids is 6.